The second-order valence-electron chi connectivity index (χ2n) is 5.24. The number of hydrogen-bond donors (Lipinski definition) is 0. The van der Waals surface area contributed by atoms with Crippen molar-refractivity contribution in [3.8, 4) is 5.75 Å². The quantitative estimate of drug-likeness (QED) is 0.342. The summed E-state index contributed by atoms with van der Waals surface area (Å²) in [6.07, 6.45) is 2.82. The number of nitrogens with zero attached hydrogens (tertiary/aromatic N) is 2. The van der Waals surface area contributed by atoms with Gasteiger partial charge in [0.25, 0.3) is 0 Å². The highest BCUT2D eigenvalue weighted by Crippen LogP contribution is 2.20. The number of halogens is 1. The minimum absolute atomic E-state index is 0.157. The summed E-state index contributed by atoms with van der Waals surface area (Å²) in [6, 6.07) is 9.80. The predicted octanol–water partition coefficient (Wildman–Crippen LogP) is 4.01. The van der Waals surface area contributed by atoms with E-state index >= 15 is 0 Å². The average Bonchev–Trinajstić information content (AvgIpc) is 2.62. The zero-order valence-electron chi connectivity index (χ0n) is 13.6. The van der Waals surface area contributed by atoms with E-state index in [1.807, 2.05) is 6.92 Å². The highest BCUT2D eigenvalue weighted by atomic mass is 79.9. The Morgan fingerprint density at radius 1 is 1.31 bits per heavy atom. The van der Waals surface area contributed by atoms with Gasteiger partial charge in [0.1, 0.15) is 12.0 Å². The highest BCUT2D eigenvalue weighted by Gasteiger charge is 2.13. The number of ether oxygens (including phenoxy) is 1. The minimum atomic E-state index is -0.631. The Bertz CT molecular complexity index is 1010. The molecule has 0 aliphatic heterocycles. The molecule has 6 nitrogen and oxygen atoms in total. The lowest BCUT2D eigenvalue weighted by Gasteiger charge is -2.05. The van der Waals surface area contributed by atoms with Crippen LogP contribution < -0.4 is 10.2 Å². The molecule has 0 fully saturated rings. The summed E-state index contributed by atoms with van der Waals surface area (Å²) in [5.41, 5.74) is 0.758. The van der Waals surface area contributed by atoms with Gasteiger partial charge >= 0.3 is 5.97 Å². The van der Waals surface area contributed by atoms with E-state index in [1.54, 1.807) is 36.5 Å². The van der Waals surface area contributed by atoms with Gasteiger partial charge in [-0.05, 0) is 31.2 Å². The van der Waals surface area contributed by atoms with Gasteiger partial charge in [0.2, 0.25) is 11.2 Å². The Labute approximate surface area is 161 Å². The molecule has 0 saturated heterocycles. The van der Waals surface area contributed by atoms with Crippen molar-refractivity contribution in [3.63, 3.8) is 0 Å². The van der Waals surface area contributed by atoms with Crippen molar-refractivity contribution in [2.75, 3.05) is 0 Å². The average molecular weight is 433 g/mol. The maximum Gasteiger partial charge on any atom is 0.343 e. The van der Waals surface area contributed by atoms with E-state index < -0.39 is 11.4 Å². The Morgan fingerprint density at radius 2 is 2.15 bits per heavy atom. The topological polar surface area (TPSA) is 82.3 Å². The van der Waals surface area contributed by atoms with E-state index in [0.29, 0.717) is 22.2 Å². The third-order valence-electron chi connectivity index (χ3n) is 3.23. The number of aryl methyl sites for hydroxylation is 1. The van der Waals surface area contributed by atoms with Crippen LogP contribution in [0.3, 0.4) is 0 Å². The molecule has 1 aromatic carbocycles. The maximum absolute atomic E-state index is 12.2. The number of carbonyl (C=O) groups is 1. The third kappa shape index (κ3) is 4.80. The van der Waals surface area contributed by atoms with Crippen molar-refractivity contribution in [2.45, 2.75) is 17.8 Å². The molecule has 0 unspecified atom stereocenters. The molecule has 0 atom stereocenters. The van der Waals surface area contributed by atoms with Crippen LogP contribution in [-0.2, 0) is 5.75 Å². The van der Waals surface area contributed by atoms with Crippen LogP contribution >= 0.6 is 27.7 Å². The van der Waals surface area contributed by atoms with Gasteiger partial charge in [-0.2, -0.15) is 0 Å². The highest BCUT2D eigenvalue weighted by molar-refractivity contribution is 9.10. The van der Waals surface area contributed by atoms with Crippen molar-refractivity contribution in [1.82, 2.24) is 9.97 Å². The van der Waals surface area contributed by atoms with Gasteiger partial charge in [-0.3, -0.25) is 4.79 Å². The Morgan fingerprint density at radius 3 is 2.88 bits per heavy atom. The van der Waals surface area contributed by atoms with Crippen molar-refractivity contribution >= 4 is 33.7 Å². The molecule has 132 valence electrons. The summed E-state index contributed by atoms with van der Waals surface area (Å²) in [7, 11) is 0. The first-order valence-electron chi connectivity index (χ1n) is 7.53. The van der Waals surface area contributed by atoms with Gasteiger partial charge < -0.3 is 9.15 Å². The van der Waals surface area contributed by atoms with Crippen molar-refractivity contribution in [2.24, 2.45) is 0 Å². The summed E-state index contributed by atoms with van der Waals surface area (Å²) in [5, 5.41) is 0.595. The van der Waals surface area contributed by atoms with E-state index in [0.717, 1.165) is 16.4 Å². The van der Waals surface area contributed by atoms with E-state index in [2.05, 4.69) is 25.9 Å². The number of esters is 1. The van der Waals surface area contributed by atoms with Crippen LogP contribution in [0.25, 0.3) is 0 Å². The number of benzene rings is 1. The van der Waals surface area contributed by atoms with Gasteiger partial charge in [-0.15, -0.1) is 0 Å². The fourth-order valence-corrected chi connectivity index (χ4v) is 3.16. The first kappa shape index (κ1) is 18.3. The second-order valence-corrected chi connectivity index (χ2v) is 7.10. The van der Waals surface area contributed by atoms with E-state index in [1.165, 1.54) is 17.8 Å². The standard InChI is InChI=1S/C18H13BrN2O4S/c1-11-5-6-20-18(21-11)26-10-14-8-15(22)16(9-24-14)25-17(23)12-3-2-4-13(19)7-12/h2-9H,10H2,1H3. The molecule has 3 rings (SSSR count). The largest absolute Gasteiger partial charge is 0.464 e. The van der Waals surface area contributed by atoms with Crippen LogP contribution in [0.1, 0.15) is 21.8 Å². The monoisotopic (exact) mass is 432 g/mol. The summed E-state index contributed by atoms with van der Waals surface area (Å²) in [5.74, 6) is 0.0372. The Balaban J connectivity index is 1.67. The summed E-state index contributed by atoms with van der Waals surface area (Å²) in [6.45, 7) is 1.88. The fraction of sp³-hybridized carbons (Fsp3) is 0.111. The van der Waals surface area contributed by atoms with Crippen LogP contribution in [0.2, 0.25) is 0 Å². The first-order valence-corrected chi connectivity index (χ1v) is 9.31. The van der Waals surface area contributed by atoms with Crippen LogP contribution in [0.4, 0.5) is 0 Å². The molecule has 0 N–H and O–H groups in total. The fourth-order valence-electron chi connectivity index (χ4n) is 1.99. The molecular weight excluding hydrogens is 420 g/mol. The molecule has 3 aromatic rings. The molecule has 0 saturated carbocycles. The molecule has 2 aromatic heterocycles. The number of rotatable bonds is 5. The van der Waals surface area contributed by atoms with Crippen LogP contribution in [0, 0.1) is 6.92 Å². The molecule has 0 radical (unpaired) electrons. The molecule has 0 spiro atoms. The molecule has 0 amide bonds. The van der Waals surface area contributed by atoms with Crippen molar-refractivity contribution in [3.05, 3.63) is 80.6 Å². The maximum atomic E-state index is 12.2. The van der Waals surface area contributed by atoms with Crippen LogP contribution in [0.15, 0.2) is 67.7 Å². The van der Waals surface area contributed by atoms with Gasteiger partial charge in [-0.25, -0.2) is 14.8 Å². The molecule has 0 aliphatic rings. The minimum Gasteiger partial charge on any atom is -0.464 e. The Hall–Kier alpha value is -2.45. The number of hydrogen-bond acceptors (Lipinski definition) is 7. The SMILES string of the molecule is Cc1ccnc(SCc2cc(=O)c(OC(=O)c3cccc(Br)c3)co2)n1. The number of thioether (sulfide) groups is 1. The zero-order chi connectivity index (χ0) is 18.5. The first-order chi connectivity index (χ1) is 12.5. The summed E-state index contributed by atoms with van der Waals surface area (Å²) >= 11 is 4.63. The third-order valence-corrected chi connectivity index (χ3v) is 4.61. The lowest BCUT2D eigenvalue weighted by atomic mass is 10.2. The summed E-state index contributed by atoms with van der Waals surface area (Å²) < 4.78 is 11.3. The van der Waals surface area contributed by atoms with Gasteiger partial charge in [0.15, 0.2) is 5.16 Å². The number of aromatic nitrogens is 2. The van der Waals surface area contributed by atoms with Crippen molar-refractivity contribution in [1.29, 1.82) is 0 Å². The molecular formula is C18H13BrN2O4S. The predicted molar refractivity (Wildman–Crippen MR) is 100 cm³/mol. The van der Waals surface area contributed by atoms with Crippen LogP contribution in [0.5, 0.6) is 5.75 Å². The smallest absolute Gasteiger partial charge is 0.343 e. The Kier molecular flexibility index (Phi) is 5.85. The second kappa shape index (κ2) is 8.29. The molecule has 2 heterocycles. The van der Waals surface area contributed by atoms with E-state index in [-0.39, 0.29) is 5.75 Å². The van der Waals surface area contributed by atoms with Crippen LogP contribution in [-0.4, -0.2) is 15.9 Å². The molecule has 8 heteroatoms. The normalized spacial score (nSPS) is 10.5. The van der Waals surface area contributed by atoms with E-state index in [9.17, 15) is 9.59 Å². The number of carbonyl (C=O) groups excluding carboxylic acids is 1. The van der Waals surface area contributed by atoms with Gasteiger partial charge in [0.05, 0.1) is 11.3 Å². The van der Waals surface area contributed by atoms with Gasteiger partial charge in [0, 0.05) is 22.4 Å². The zero-order valence-corrected chi connectivity index (χ0v) is 16.0. The summed E-state index contributed by atoms with van der Waals surface area (Å²) in [4.78, 5) is 32.7. The molecule has 0 aliphatic carbocycles. The molecule has 0 bridgehead atoms. The molecule has 26 heavy (non-hydrogen) atoms. The van der Waals surface area contributed by atoms with Gasteiger partial charge in [-0.1, -0.05) is 33.8 Å². The van der Waals surface area contributed by atoms with E-state index in [4.69, 9.17) is 9.15 Å². The lowest BCUT2D eigenvalue weighted by Crippen LogP contribution is -2.14. The van der Waals surface area contributed by atoms with Crippen molar-refractivity contribution < 1.29 is 13.9 Å². The lowest BCUT2D eigenvalue weighted by molar-refractivity contribution is 0.0728.